The molecule has 1 unspecified atom stereocenters. The third-order valence-corrected chi connectivity index (χ3v) is 7.76. The summed E-state index contributed by atoms with van der Waals surface area (Å²) in [6.45, 7) is 0.443. The largest absolute Gasteiger partial charge is 0.343 e. The first-order valence-corrected chi connectivity index (χ1v) is 12.2. The smallest absolute Gasteiger partial charge is 0.243 e. The molecule has 2 heterocycles. The summed E-state index contributed by atoms with van der Waals surface area (Å²) < 4.78 is 40.6. The first-order valence-electron chi connectivity index (χ1n) is 10.4. The van der Waals surface area contributed by atoms with Crippen LogP contribution in [0.2, 0.25) is 5.02 Å². The van der Waals surface area contributed by atoms with Crippen molar-refractivity contribution in [2.24, 2.45) is 5.92 Å². The fourth-order valence-corrected chi connectivity index (χ4v) is 5.61. The molecule has 2 aromatic carbocycles. The molecule has 1 aliphatic rings. The van der Waals surface area contributed by atoms with Crippen molar-refractivity contribution in [1.29, 1.82) is 0 Å². The van der Waals surface area contributed by atoms with Crippen LogP contribution >= 0.6 is 11.6 Å². The molecule has 3 aromatic rings. The zero-order valence-electron chi connectivity index (χ0n) is 17.6. The van der Waals surface area contributed by atoms with E-state index in [0.29, 0.717) is 29.1 Å². The van der Waals surface area contributed by atoms with Gasteiger partial charge in [0.25, 0.3) is 0 Å². The maximum absolute atomic E-state index is 13.4. The van der Waals surface area contributed by atoms with Crippen molar-refractivity contribution in [3.8, 4) is 0 Å². The van der Waals surface area contributed by atoms with Crippen molar-refractivity contribution in [3.63, 3.8) is 0 Å². The van der Waals surface area contributed by atoms with Crippen LogP contribution in [-0.2, 0) is 14.8 Å². The monoisotopic (exact) mass is 488 g/mol. The number of nitrogens with zero attached hydrogens (tertiary/aromatic N) is 3. The summed E-state index contributed by atoms with van der Waals surface area (Å²) in [4.78, 5) is 21.6. The third kappa shape index (κ3) is 5.38. The van der Waals surface area contributed by atoms with Gasteiger partial charge in [-0.25, -0.2) is 12.8 Å². The zero-order valence-corrected chi connectivity index (χ0v) is 19.1. The van der Waals surface area contributed by atoms with Gasteiger partial charge in [0.1, 0.15) is 5.82 Å². The fourth-order valence-electron chi connectivity index (χ4n) is 3.84. The first-order chi connectivity index (χ1) is 15.8. The van der Waals surface area contributed by atoms with Gasteiger partial charge in [0.2, 0.25) is 15.9 Å². The van der Waals surface area contributed by atoms with Gasteiger partial charge < -0.3 is 5.32 Å². The Kier molecular flexibility index (Phi) is 7.02. The number of sulfonamides is 1. The van der Waals surface area contributed by atoms with Gasteiger partial charge >= 0.3 is 0 Å². The van der Waals surface area contributed by atoms with Gasteiger partial charge in [-0.3, -0.25) is 14.8 Å². The van der Waals surface area contributed by atoms with E-state index in [-0.39, 0.29) is 35.6 Å². The highest BCUT2D eigenvalue weighted by Crippen LogP contribution is 2.27. The van der Waals surface area contributed by atoms with Crippen LogP contribution in [0, 0.1) is 11.7 Å². The average molecular weight is 489 g/mol. The highest BCUT2D eigenvalue weighted by molar-refractivity contribution is 7.89. The van der Waals surface area contributed by atoms with Crippen LogP contribution in [0.1, 0.15) is 30.1 Å². The highest BCUT2D eigenvalue weighted by atomic mass is 35.5. The van der Waals surface area contributed by atoms with Gasteiger partial charge in [-0.1, -0.05) is 29.8 Å². The number of hydrogen-bond donors (Lipinski definition) is 1. The number of carbonyl (C=O) groups is 1. The SMILES string of the molecule is O=C(NC(c1ccc(F)cc1)c1cnccn1)C1CCN(S(=O)(=O)c2cccc(Cl)c2)CC1. The van der Waals surface area contributed by atoms with Gasteiger partial charge in [-0.05, 0) is 48.7 Å². The summed E-state index contributed by atoms with van der Waals surface area (Å²) in [5.41, 5.74) is 1.20. The molecule has 4 rings (SSSR count). The lowest BCUT2D eigenvalue weighted by Gasteiger charge is -2.31. The maximum Gasteiger partial charge on any atom is 0.243 e. The molecule has 1 atom stereocenters. The minimum atomic E-state index is -3.68. The lowest BCUT2D eigenvalue weighted by Crippen LogP contribution is -2.43. The van der Waals surface area contributed by atoms with Crippen LogP contribution in [0.3, 0.4) is 0 Å². The van der Waals surface area contributed by atoms with E-state index in [0.717, 1.165) is 0 Å². The van der Waals surface area contributed by atoms with Gasteiger partial charge in [0.15, 0.2) is 0 Å². The molecule has 0 radical (unpaired) electrons. The summed E-state index contributed by atoms with van der Waals surface area (Å²) in [7, 11) is -3.68. The molecule has 1 aromatic heterocycles. The zero-order chi connectivity index (χ0) is 23.4. The van der Waals surface area contributed by atoms with Crippen LogP contribution in [-0.4, -0.2) is 41.7 Å². The molecule has 10 heteroatoms. The summed E-state index contributed by atoms with van der Waals surface area (Å²) in [5, 5.41) is 3.33. The molecule has 1 fully saturated rings. The van der Waals surface area contributed by atoms with E-state index < -0.39 is 16.1 Å². The Hall–Kier alpha value is -2.88. The van der Waals surface area contributed by atoms with Gasteiger partial charge in [0, 0.05) is 36.4 Å². The van der Waals surface area contributed by atoms with Crippen LogP contribution in [0.15, 0.2) is 72.0 Å². The van der Waals surface area contributed by atoms with Crippen LogP contribution in [0.4, 0.5) is 4.39 Å². The summed E-state index contributed by atoms with van der Waals surface area (Å²) in [6, 6.07) is 11.4. The normalized spacial score (nSPS) is 16.3. The second-order valence-electron chi connectivity index (χ2n) is 7.76. The van der Waals surface area contributed by atoms with Crippen molar-refractivity contribution in [1.82, 2.24) is 19.6 Å². The van der Waals surface area contributed by atoms with Gasteiger partial charge in [-0.15, -0.1) is 0 Å². The maximum atomic E-state index is 13.4. The predicted octanol–water partition coefficient (Wildman–Crippen LogP) is 3.58. The Morgan fingerprint density at radius 3 is 2.48 bits per heavy atom. The summed E-state index contributed by atoms with van der Waals surface area (Å²) in [5.74, 6) is -0.957. The van der Waals surface area contributed by atoms with Crippen LogP contribution < -0.4 is 5.32 Å². The van der Waals surface area contributed by atoms with E-state index in [4.69, 9.17) is 11.6 Å². The number of halogens is 2. The molecule has 0 saturated carbocycles. The molecule has 1 saturated heterocycles. The van der Waals surface area contributed by atoms with Gasteiger partial charge in [0.05, 0.1) is 22.8 Å². The topological polar surface area (TPSA) is 92.3 Å². The van der Waals surface area contributed by atoms with E-state index in [1.807, 2.05) is 0 Å². The second-order valence-corrected chi connectivity index (χ2v) is 10.1. The molecule has 0 aliphatic carbocycles. The molecule has 1 N–H and O–H groups in total. The molecular formula is C23H22ClFN4O3S. The summed E-state index contributed by atoms with van der Waals surface area (Å²) >= 11 is 5.95. The Balaban J connectivity index is 1.45. The summed E-state index contributed by atoms with van der Waals surface area (Å²) in [6.07, 6.45) is 5.36. The molecule has 172 valence electrons. The van der Waals surface area contributed by atoms with Gasteiger partial charge in [-0.2, -0.15) is 4.31 Å². The second kappa shape index (κ2) is 9.94. The van der Waals surface area contributed by atoms with Crippen molar-refractivity contribution in [2.45, 2.75) is 23.8 Å². The molecule has 0 bridgehead atoms. The number of nitrogens with one attached hydrogen (secondary N) is 1. The number of benzene rings is 2. The Bertz CT molecular complexity index is 1220. The Labute approximate surface area is 196 Å². The molecule has 1 aliphatic heterocycles. The van der Waals surface area contributed by atoms with E-state index in [9.17, 15) is 17.6 Å². The number of carbonyl (C=O) groups excluding carboxylic acids is 1. The van der Waals surface area contributed by atoms with Crippen molar-refractivity contribution in [3.05, 3.63) is 89.2 Å². The molecule has 0 spiro atoms. The number of piperidine rings is 1. The average Bonchev–Trinajstić information content (AvgIpc) is 2.84. The molecule has 7 nitrogen and oxygen atoms in total. The molecule has 33 heavy (non-hydrogen) atoms. The molecule has 1 amide bonds. The minimum absolute atomic E-state index is 0.136. The van der Waals surface area contributed by atoms with E-state index in [1.165, 1.54) is 41.0 Å². The molecular weight excluding hydrogens is 467 g/mol. The lowest BCUT2D eigenvalue weighted by atomic mass is 9.95. The minimum Gasteiger partial charge on any atom is -0.343 e. The predicted molar refractivity (Wildman–Crippen MR) is 121 cm³/mol. The van der Waals surface area contributed by atoms with E-state index in [1.54, 1.807) is 30.5 Å². The van der Waals surface area contributed by atoms with Crippen LogP contribution in [0.25, 0.3) is 0 Å². The lowest BCUT2D eigenvalue weighted by molar-refractivity contribution is -0.126. The fraction of sp³-hybridized carbons (Fsp3) is 0.261. The highest BCUT2D eigenvalue weighted by Gasteiger charge is 2.33. The Morgan fingerprint density at radius 2 is 1.85 bits per heavy atom. The van der Waals surface area contributed by atoms with E-state index in [2.05, 4.69) is 15.3 Å². The number of aromatic nitrogens is 2. The Morgan fingerprint density at radius 1 is 1.12 bits per heavy atom. The van der Waals surface area contributed by atoms with Crippen molar-refractivity contribution in [2.75, 3.05) is 13.1 Å². The van der Waals surface area contributed by atoms with E-state index >= 15 is 0 Å². The number of rotatable bonds is 6. The van der Waals surface area contributed by atoms with Crippen LogP contribution in [0.5, 0.6) is 0 Å². The van der Waals surface area contributed by atoms with Crippen molar-refractivity contribution < 1.29 is 17.6 Å². The quantitative estimate of drug-likeness (QED) is 0.572. The third-order valence-electron chi connectivity index (χ3n) is 5.63. The number of amides is 1. The number of hydrogen-bond acceptors (Lipinski definition) is 5. The van der Waals surface area contributed by atoms with Crippen molar-refractivity contribution >= 4 is 27.5 Å². The standard InChI is InChI=1S/C23H22ClFN4O3S/c24-18-2-1-3-20(14-18)33(31,32)29-12-8-17(9-13-29)23(30)28-22(21-15-26-10-11-27-21)16-4-6-19(25)7-5-16/h1-7,10-11,14-15,17,22H,8-9,12-13H2,(H,28,30). The first kappa shape index (κ1) is 23.3.